The van der Waals surface area contributed by atoms with Crippen molar-refractivity contribution < 1.29 is 22.7 Å². The number of sulfonamides is 1. The van der Waals surface area contributed by atoms with Gasteiger partial charge in [0.1, 0.15) is 11.5 Å². The fourth-order valence-corrected chi connectivity index (χ4v) is 4.41. The van der Waals surface area contributed by atoms with Crippen molar-refractivity contribution in [2.24, 2.45) is 0 Å². The largest absolute Gasteiger partial charge is 0.497 e. The van der Waals surface area contributed by atoms with Crippen LogP contribution >= 0.6 is 0 Å². The Morgan fingerprint density at radius 1 is 0.939 bits per heavy atom. The van der Waals surface area contributed by atoms with E-state index in [2.05, 4.69) is 4.72 Å². The molecule has 33 heavy (non-hydrogen) atoms. The van der Waals surface area contributed by atoms with Crippen molar-refractivity contribution in [3.8, 4) is 11.5 Å². The number of carbonyl (C=O) groups is 1. The number of ether oxygens (including phenoxy) is 2. The smallest absolute Gasteiger partial charge is 0.260 e. The van der Waals surface area contributed by atoms with Gasteiger partial charge in [-0.15, -0.1) is 0 Å². The summed E-state index contributed by atoms with van der Waals surface area (Å²) in [7, 11) is -0.396. The van der Waals surface area contributed by atoms with E-state index in [0.717, 1.165) is 16.9 Å². The second kappa shape index (κ2) is 11.0. The first-order chi connectivity index (χ1) is 15.8. The number of nitrogens with one attached hydrogen (secondary N) is 1. The number of nitrogens with zero attached hydrogens (tertiary/aromatic N) is 1. The molecular formula is C25H28N2O5S. The van der Waals surface area contributed by atoms with Gasteiger partial charge in [0.2, 0.25) is 10.0 Å². The zero-order chi connectivity index (χ0) is 23.8. The number of hydrogen-bond donors (Lipinski definition) is 1. The van der Waals surface area contributed by atoms with Gasteiger partial charge in [0.05, 0.1) is 12.0 Å². The van der Waals surface area contributed by atoms with Crippen LogP contribution in [0.25, 0.3) is 0 Å². The summed E-state index contributed by atoms with van der Waals surface area (Å²) in [6.45, 7) is 2.08. The van der Waals surface area contributed by atoms with Crippen LogP contribution in [0.1, 0.15) is 24.1 Å². The third-order valence-electron chi connectivity index (χ3n) is 5.13. The molecule has 174 valence electrons. The minimum atomic E-state index is -3.70. The maximum Gasteiger partial charge on any atom is 0.260 e. The number of methoxy groups -OCH3 is 1. The predicted molar refractivity (Wildman–Crippen MR) is 127 cm³/mol. The fraction of sp³-hybridized carbons (Fsp3) is 0.240. The highest BCUT2D eigenvalue weighted by Crippen LogP contribution is 2.20. The normalized spacial score (nSPS) is 12.1. The van der Waals surface area contributed by atoms with Crippen LogP contribution in [0.3, 0.4) is 0 Å². The minimum Gasteiger partial charge on any atom is -0.497 e. The molecule has 0 heterocycles. The maximum atomic E-state index is 12.7. The molecule has 0 aromatic heterocycles. The van der Waals surface area contributed by atoms with Crippen molar-refractivity contribution >= 4 is 15.9 Å². The summed E-state index contributed by atoms with van der Waals surface area (Å²) in [5.41, 5.74) is 1.84. The molecule has 0 spiro atoms. The number of benzene rings is 3. The van der Waals surface area contributed by atoms with Crippen molar-refractivity contribution in [1.82, 2.24) is 9.62 Å². The Morgan fingerprint density at radius 3 is 2.15 bits per heavy atom. The van der Waals surface area contributed by atoms with E-state index in [4.69, 9.17) is 9.47 Å². The van der Waals surface area contributed by atoms with Crippen molar-refractivity contribution in [2.75, 3.05) is 20.8 Å². The van der Waals surface area contributed by atoms with Gasteiger partial charge in [-0.2, -0.15) is 0 Å². The van der Waals surface area contributed by atoms with Crippen LogP contribution in [0.15, 0.2) is 83.8 Å². The fourth-order valence-electron chi connectivity index (χ4n) is 3.17. The monoisotopic (exact) mass is 468 g/mol. The molecule has 0 fully saturated rings. The molecule has 1 atom stereocenters. The summed E-state index contributed by atoms with van der Waals surface area (Å²) < 4.78 is 38.7. The number of carbonyl (C=O) groups excluding carboxylic acids is 1. The van der Waals surface area contributed by atoms with E-state index < -0.39 is 10.0 Å². The van der Waals surface area contributed by atoms with E-state index in [9.17, 15) is 13.2 Å². The molecule has 8 heteroatoms. The zero-order valence-corrected chi connectivity index (χ0v) is 19.7. The second-order valence-corrected chi connectivity index (χ2v) is 9.33. The maximum absolute atomic E-state index is 12.7. The quantitative estimate of drug-likeness (QED) is 0.490. The number of amides is 1. The molecule has 0 radical (unpaired) electrons. The molecule has 1 unspecified atom stereocenters. The van der Waals surface area contributed by atoms with Crippen molar-refractivity contribution in [2.45, 2.75) is 24.4 Å². The first kappa shape index (κ1) is 24.3. The van der Waals surface area contributed by atoms with Gasteiger partial charge >= 0.3 is 0 Å². The lowest BCUT2D eigenvalue weighted by Crippen LogP contribution is -2.31. The Hall–Kier alpha value is -3.36. The summed E-state index contributed by atoms with van der Waals surface area (Å²) >= 11 is 0. The SMILES string of the molecule is COc1ccc(CN(C)C(=O)COc2ccc(S(=O)(=O)NC(C)c3ccccc3)cc2)cc1. The van der Waals surface area contributed by atoms with Crippen LogP contribution in [-0.4, -0.2) is 40.0 Å². The van der Waals surface area contributed by atoms with Crippen LogP contribution in [0.2, 0.25) is 0 Å². The number of likely N-dealkylation sites (N-methyl/N-ethyl adjacent to an activating group) is 1. The Bertz CT molecular complexity index is 1150. The highest BCUT2D eigenvalue weighted by molar-refractivity contribution is 7.89. The van der Waals surface area contributed by atoms with Crippen LogP contribution in [0.5, 0.6) is 11.5 Å². The third-order valence-corrected chi connectivity index (χ3v) is 6.69. The standard InChI is InChI=1S/C25H28N2O5S/c1-19(21-7-5-4-6-8-21)26-33(29,30)24-15-13-23(14-16-24)32-18-25(28)27(2)17-20-9-11-22(31-3)12-10-20/h4-16,19,26H,17-18H2,1-3H3. The Balaban J connectivity index is 1.53. The molecule has 3 rings (SSSR count). The van der Waals surface area contributed by atoms with Gasteiger partial charge in [0.15, 0.2) is 6.61 Å². The van der Waals surface area contributed by atoms with E-state index in [1.807, 2.05) is 54.6 Å². The van der Waals surface area contributed by atoms with Gasteiger partial charge in [-0.3, -0.25) is 4.79 Å². The number of rotatable bonds is 10. The molecule has 0 bridgehead atoms. The van der Waals surface area contributed by atoms with Gasteiger partial charge in [-0.25, -0.2) is 13.1 Å². The second-order valence-electron chi connectivity index (χ2n) is 7.61. The van der Waals surface area contributed by atoms with Crippen molar-refractivity contribution in [1.29, 1.82) is 0 Å². The van der Waals surface area contributed by atoms with Gasteiger partial charge in [-0.1, -0.05) is 42.5 Å². The lowest BCUT2D eigenvalue weighted by Gasteiger charge is -2.18. The average Bonchev–Trinajstić information content (AvgIpc) is 2.83. The topological polar surface area (TPSA) is 84.9 Å². The summed E-state index contributed by atoms with van der Waals surface area (Å²) in [5.74, 6) is 0.975. The summed E-state index contributed by atoms with van der Waals surface area (Å²) in [6, 6.07) is 22.5. The van der Waals surface area contributed by atoms with Gasteiger partial charge in [-0.05, 0) is 54.4 Å². The van der Waals surface area contributed by atoms with Gasteiger partial charge in [0.25, 0.3) is 5.91 Å². The van der Waals surface area contributed by atoms with Crippen LogP contribution in [0.4, 0.5) is 0 Å². The molecular weight excluding hydrogens is 440 g/mol. The van der Waals surface area contributed by atoms with E-state index in [-0.39, 0.29) is 23.5 Å². The summed E-state index contributed by atoms with van der Waals surface area (Å²) in [5, 5.41) is 0. The molecule has 7 nitrogen and oxygen atoms in total. The van der Waals surface area contributed by atoms with Crippen molar-refractivity contribution in [3.63, 3.8) is 0 Å². The first-order valence-electron chi connectivity index (χ1n) is 10.5. The Kier molecular flexibility index (Phi) is 8.08. The predicted octanol–water partition coefficient (Wildman–Crippen LogP) is 3.77. The lowest BCUT2D eigenvalue weighted by molar-refractivity contribution is -0.132. The van der Waals surface area contributed by atoms with Gasteiger partial charge in [0, 0.05) is 19.6 Å². The van der Waals surface area contributed by atoms with Gasteiger partial charge < -0.3 is 14.4 Å². The molecule has 3 aromatic rings. The summed E-state index contributed by atoms with van der Waals surface area (Å²) in [6.07, 6.45) is 0. The zero-order valence-electron chi connectivity index (χ0n) is 18.9. The van der Waals surface area contributed by atoms with Crippen LogP contribution < -0.4 is 14.2 Å². The molecule has 3 aromatic carbocycles. The average molecular weight is 469 g/mol. The lowest BCUT2D eigenvalue weighted by atomic mass is 10.1. The Morgan fingerprint density at radius 2 is 1.55 bits per heavy atom. The van der Waals surface area contributed by atoms with Crippen molar-refractivity contribution in [3.05, 3.63) is 90.0 Å². The highest BCUT2D eigenvalue weighted by atomic mass is 32.2. The minimum absolute atomic E-state index is 0.126. The van der Waals surface area contributed by atoms with E-state index in [1.165, 1.54) is 12.1 Å². The molecule has 0 aliphatic heterocycles. The summed E-state index contributed by atoms with van der Waals surface area (Å²) in [4.78, 5) is 14.1. The molecule has 0 saturated heterocycles. The highest BCUT2D eigenvalue weighted by Gasteiger charge is 2.18. The molecule has 0 saturated carbocycles. The van der Waals surface area contributed by atoms with E-state index in [0.29, 0.717) is 12.3 Å². The number of hydrogen-bond acceptors (Lipinski definition) is 5. The van der Waals surface area contributed by atoms with Crippen LogP contribution in [0, 0.1) is 0 Å². The first-order valence-corrected chi connectivity index (χ1v) is 11.9. The van der Waals surface area contributed by atoms with Crippen LogP contribution in [-0.2, 0) is 21.4 Å². The molecule has 1 N–H and O–H groups in total. The molecule has 0 aliphatic rings. The van der Waals surface area contributed by atoms with E-state index >= 15 is 0 Å². The molecule has 1 amide bonds. The molecule has 0 aliphatic carbocycles. The van der Waals surface area contributed by atoms with E-state index in [1.54, 1.807) is 38.1 Å². The third kappa shape index (κ3) is 6.81. The Labute approximate surface area is 195 Å².